The van der Waals surface area contributed by atoms with Crippen molar-refractivity contribution in [1.82, 2.24) is 0 Å². The third kappa shape index (κ3) is 2.24. The fraction of sp³-hybridized carbons (Fsp3) is 0.278. The molecule has 1 amide bonds. The van der Waals surface area contributed by atoms with E-state index in [9.17, 15) is 4.79 Å². The Kier molecular flexibility index (Phi) is 3.30. The Morgan fingerprint density at radius 1 is 1.14 bits per heavy atom. The van der Waals surface area contributed by atoms with Crippen LogP contribution < -0.4 is 10.6 Å². The largest absolute Gasteiger partial charge is 0.320 e. The van der Waals surface area contributed by atoms with Crippen molar-refractivity contribution in [2.45, 2.75) is 26.3 Å². The van der Waals surface area contributed by atoms with Gasteiger partial charge in [-0.05, 0) is 47.7 Å². The van der Waals surface area contributed by atoms with Crippen LogP contribution in [0.2, 0.25) is 0 Å². The van der Waals surface area contributed by atoms with Gasteiger partial charge in [-0.1, -0.05) is 30.3 Å². The molecule has 1 aliphatic rings. The zero-order valence-electron chi connectivity index (χ0n) is 12.7. The summed E-state index contributed by atoms with van der Waals surface area (Å²) in [7, 11) is 1.82. The molecule has 1 unspecified atom stereocenters. The fourth-order valence-electron chi connectivity index (χ4n) is 3.17. The summed E-state index contributed by atoms with van der Waals surface area (Å²) in [5.74, 6) is 0.141. The molecule has 2 N–H and O–H groups in total. The molecule has 0 saturated heterocycles. The van der Waals surface area contributed by atoms with Crippen molar-refractivity contribution in [2.24, 2.45) is 5.73 Å². The highest BCUT2D eigenvalue weighted by Gasteiger charge is 2.25. The zero-order valence-corrected chi connectivity index (χ0v) is 12.7. The van der Waals surface area contributed by atoms with Crippen LogP contribution in [0.25, 0.3) is 0 Å². The average Bonchev–Trinajstić information content (AvgIpc) is 2.73. The van der Waals surface area contributed by atoms with Crippen LogP contribution in [0.15, 0.2) is 36.4 Å². The number of fused-ring (bicyclic) bond motifs is 1. The zero-order chi connectivity index (χ0) is 15.1. The van der Waals surface area contributed by atoms with Gasteiger partial charge in [0, 0.05) is 12.7 Å². The third-order valence-corrected chi connectivity index (χ3v) is 4.39. The van der Waals surface area contributed by atoms with E-state index in [1.54, 1.807) is 4.90 Å². The first-order valence-electron chi connectivity index (χ1n) is 7.20. The maximum absolute atomic E-state index is 11.8. The number of carbonyl (C=O) groups excluding carboxylic acids is 1. The molecule has 1 atom stereocenters. The van der Waals surface area contributed by atoms with Crippen molar-refractivity contribution in [1.29, 1.82) is 0 Å². The maximum Gasteiger partial charge on any atom is 0.231 e. The highest BCUT2D eigenvalue weighted by Crippen LogP contribution is 2.32. The van der Waals surface area contributed by atoms with Gasteiger partial charge in [-0.2, -0.15) is 0 Å². The third-order valence-electron chi connectivity index (χ3n) is 4.39. The normalized spacial score (nSPS) is 15.2. The van der Waals surface area contributed by atoms with Crippen molar-refractivity contribution < 1.29 is 4.79 Å². The lowest BCUT2D eigenvalue weighted by atomic mass is 9.91. The summed E-state index contributed by atoms with van der Waals surface area (Å²) in [6.45, 7) is 4.18. The minimum atomic E-state index is -0.155. The van der Waals surface area contributed by atoms with Crippen molar-refractivity contribution in [3.05, 3.63) is 64.2 Å². The molecule has 3 nitrogen and oxygen atoms in total. The summed E-state index contributed by atoms with van der Waals surface area (Å²) in [6.07, 6.45) is 0.471. The predicted octanol–water partition coefficient (Wildman–Crippen LogP) is 2.87. The molecule has 1 heterocycles. The summed E-state index contributed by atoms with van der Waals surface area (Å²) in [4.78, 5) is 13.5. The molecule has 0 saturated carbocycles. The summed E-state index contributed by atoms with van der Waals surface area (Å²) < 4.78 is 0. The highest BCUT2D eigenvalue weighted by atomic mass is 16.2. The molecule has 0 aromatic heterocycles. The molecular formula is C18H20N2O. The van der Waals surface area contributed by atoms with Crippen LogP contribution in [0.3, 0.4) is 0 Å². The van der Waals surface area contributed by atoms with Gasteiger partial charge in [-0.25, -0.2) is 0 Å². The minimum absolute atomic E-state index is 0.141. The standard InChI is InChI=1S/C18H20N2O/c1-11-5-4-6-12(2)17(11)18(19)13-7-8-15-14(9-13)10-16(21)20(15)3/h4-9,18H,10,19H2,1-3H3. The van der Waals surface area contributed by atoms with Crippen molar-refractivity contribution in [3.8, 4) is 0 Å². The first kappa shape index (κ1) is 13.8. The number of benzene rings is 2. The molecule has 21 heavy (non-hydrogen) atoms. The number of anilines is 1. The average molecular weight is 280 g/mol. The Balaban J connectivity index is 2.02. The number of carbonyl (C=O) groups is 1. The first-order chi connectivity index (χ1) is 9.99. The van der Waals surface area contributed by atoms with Gasteiger partial charge in [0.15, 0.2) is 0 Å². The Labute approximate surface area is 125 Å². The van der Waals surface area contributed by atoms with Crippen LogP contribution in [0.4, 0.5) is 5.69 Å². The number of hydrogen-bond donors (Lipinski definition) is 1. The Bertz CT molecular complexity index is 701. The van der Waals surface area contributed by atoms with E-state index >= 15 is 0 Å². The SMILES string of the molecule is Cc1cccc(C)c1C(N)c1ccc2c(c1)CC(=O)N2C. The molecule has 108 valence electrons. The predicted molar refractivity (Wildman–Crippen MR) is 85.5 cm³/mol. The number of aryl methyl sites for hydroxylation is 2. The molecule has 0 bridgehead atoms. The van der Waals surface area contributed by atoms with Crippen LogP contribution in [0.5, 0.6) is 0 Å². The molecule has 0 radical (unpaired) electrons. The van der Waals surface area contributed by atoms with Gasteiger partial charge in [0.25, 0.3) is 0 Å². The molecule has 3 heteroatoms. The van der Waals surface area contributed by atoms with E-state index in [1.807, 2.05) is 19.2 Å². The fourth-order valence-corrected chi connectivity index (χ4v) is 3.17. The minimum Gasteiger partial charge on any atom is -0.320 e. The van der Waals surface area contributed by atoms with Crippen LogP contribution in [-0.4, -0.2) is 13.0 Å². The van der Waals surface area contributed by atoms with Crippen molar-refractivity contribution in [2.75, 3.05) is 11.9 Å². The van der Waals surface area contributed by atoms with Gasteiger partial charge >= 0.3 is 0 Å². The number of rotatable bonds is 2. The van der Waals surface area contributed by atoms with E-state index in [1.165, 1.54) is 16.7 Å². The number of nitrogens with two attached hydrogens (primary N) is 1. The van der Waals surface area contributed by atoms with E-state index in [0.29, 0.717) is 6.42 Å². The Morgan fingerprint density at radius 3 is 2.48 bits per heavy atom. The summed E-state index contributed by atoms with van der Waals surface area (Å²) >= 11 is 0. The molecule has 2 aromatic carbocycles. The van der Waals surface area contributed by atoms with Crippen LogP contribution in [-0.2, 0) is 11.2 Å². The second-order valence-corrected chi connectivity index (χ2v) is 5.80. The molecule has 3 rings (SSSR count). The Hall–Kier alpha value is -2.13. The lowest BCUT2D eigenvalue weighted by Crippen LogP contribution is -2.20. The summed E-state index contributed by atoms with van der Waals surface area (Å²) in [5, 5.41) is 0. The highest BCUT2D eigenvalue weighted by molar-refractivity contribution is 6.00. The second-order valence-electron chi connectivity index (χ2n) is 5.80. The topological polar surface area (TPSA) is 46.3 Å². The van der Waals surface area contributed by atoms with Gasteiger partial charge in [0.1, 0.15) is 0 Å². The van der Waals surface area contributed by atoms with Crippen molar-refractivity contribution in [3.63, 3.8) is 0 Å². The van der Waals surface area contributed by atoms with Crippen LogP contribution in [0.1, 0.15) is 33.9 Å². The molecule has 2 aromatic rings. The van der Waals surface area contributed by atoms with E-state index in [0.717, 1.165) is 16.8 Å². The first-order valence-corrected chi connectivity index (χ1v) is 7.20. The quantitative estimate of drug-likeness (QED) is 0.919. The molecular weight excluding hydrogens is 260 g/mol. The molecule has 0 aliphatic carbocycles. The summed E-state index contributed by atoms with van der Waals surface area (Å²) in [5.41, 5.74) is 13.2. The van der Waals surface area contributed by atoms with Gasteiger partial charge in [0.2, 0.25) is 5.91 Å². The molecule has 1 aliphatic heterocycles. The van der Waals surface area contributed by atoms with Crippen LogP contribution >= 0.6 is 0 Å². The van der Waals surface area contributed by atoms with Gasteiger partial charge < -0.3 is 10.6 Å². The van der Waals surface area contributed by atoms with Crippen LogP contribution in [0, 0.1) is 13.8 Å². The summed E-state index contributed by atoms with van der Waals surface area (Å²) in [6, 6.07) is 12.2. The number of hydrogen-bond acceptors (Lipinski definition) is 2. The second kappa shape index (κ2) is 5.01. The van der Waals surface area contributed by atoms with E-state index in [4.69, 9.17) is 5.73 Å². The Morgan fingerprint density at radius 2 is 1.81 bits per heavy atom. The smallest absolute Gasteiger partial charge is 0.231 e. The lowest BCUT2D eigenvalue weighted by molar-refractivity contribution is -0.117. The maximum atomic E-state index is 11.8. The van der Waals surface area contributed by atoms with Gasteiger partial charge in [-0.3, -0.25) is 4.79 Å². The van der Waals surface area contributed by atoms with Crippen molar-refractivity contribution >= 4 is 11.6 Å². The van der Waals surface area contributed by atoms with E-state index < -0.39 is 0 Å². The van der Waals surface area contributed by atoms with E-state index in [-0.39, 0.29) is 11.9 Å². The number of amides is 1. The van der Waals surface area contributed by atoms with Gasteiger partial charge in [-0.15, -0.1) is 0 Å². The number of likely N-dealkylation sites (N-methyl/N-ethyl adjacent to an activating group) is 1. The lowest BCUT2D eigenvalue weighted by Gasteiger charge is -2.19. The number of nitrogens with zero attached hydrogens (tertiary/aromatic N) is 1. The molecule has 0 spiro atoms. The monoisotopic (exact) mass is 280 g/mol. The molecule has 0 fully saturated rings. The van der Waals surface area contributed by atoms with Gasteiger partial charge in [0.05, 0.1) is 12.5 Å². The van der Waals surface area contributed by atoms with E-state index in [2.05, 4.69) is 38.1 Å².